The van der Waals surface area contributed by atoms with Crippen LogP contribution in [0.4, 0.5) is 16.2 Å². The summed E-state index contributed by atoms with van der Waals surface area (Å²) in [5.74, 6) is 0.376. The van der Waals surface area contributed by atoms with Gasteiger partial charge in [-0.25, -0.2) is 4.79 Å². The van der Waals surface area contributed by atoms with Crippen molar-refractivity contribution in [3.8, 4) is 5.75 Å². The highest BCUT2D eigenvalue weighted by Crippen LogP contribution is 2.34. The predicted molar refractivity (Wildman–Crippen MR) is 196 cm³/mol. The number of halogens is 1. The minimum absolute atomic E-state index is 0.117. The fourth-order valence-electron chi connectivity index (χ4n) is 5.74. The number of nitrogens with zero attached hydrogens (tertiary/aromatic N) is 4. The van der Waals surface area contributed by atoms with Gasteiger partial charge in [0.2, 0.25) is 5.91 Å². The first-order valence-electron chi connectivity index (χ1n) is 16.7. The number of hydrogen-bond acceptors (Lipinski definition) is 7. The van der Waals surface area contributed by atoms with Gasteiger partial charge in [0.1, 0.15) is 17.5 Å². The highest BCUT2D eigenvalue weighted by Gasteiger charge is 2.41. The Hall–Kier alpha value is -4.28. The van der Waals surface area contributed by atoms with E-state index in [0.29, 0.717) is 53.8 Å². The van der Waals surface area contributed by atoms with Crippen LogP contribution in [0.3, 0.4) is 0 Å². The van der Waals surface area contributed by atoms with Crippen molar-refractivity contribution in [1.82, 2.24) is 14.7 Å². The van der Waals surface area contributed by atoms with E-state index in [4.69, 9.17) is 21.1 Å². The third kappa shape index (κ3) is 9.89. The van der Waals surface area contributed by atoms with Crippen molar-refractivity contribution < 1.29 is 23.9 Å². The van der Waals surface area contributed by atoms with E-state index in [9.17, 15) is 14.4 Å². The molecule has 11 heteroatoms. The standard InChI is InChI=1S/C38H50ClN5O5/c1-9-48-29-18-16-28(17-19-29)44-35(40-32-13-11-10-12-30(32)36(44)46)33(20-21-42(8)37(47)49-38(3,4)5)43(23-22-41(6)7)34(45)25-27-15-14-26(2)31(39)24-27/h10-19,24,33,35,40H,9,20-23,25H2,1-8H3. The van der Waals surface area contributed by atoms with Gasteiger partial charge in [0.05, 0.1) is 24.6 Å². The molecule has 0 radical (unpaired) electrons. The SMILES string of the molecule is CCOc1ccc(N2C(=O)c3ccccc3NC2C(CCN(C)C(=O)OC(C)(C)C)N(CCN(C)C)C(=O)Cc2ccc(C)c(Cl)c2)cc1. The number of nitrogens with one attached hydrogen (secondary N) is 1. The number of hydrogen-bond donors (Lipinski definition) is 1. The summed E-state index contributed by atoms with van der Waals surface area (Å²) >= 11 is 6.46. The molecule has 0 aromatic heterocycles. The van der Waals surface area contributed by atoms with Crippen LogP contribution < -0.4 is 15.0 Å². The Balaban J connectivity index is 1.81. The van der Waals surface area contributed by atoms with Crippen molar-refractivity contribution in [3.05, 3.63) is 88.4 Å². The van der Waals surface area contributed by atoms with Crippen LogP contribution in [0, 0.1) is 6.92 Å². The Bertz CT molecular complexity index is 1610. The summed E-state index contributed by atoms with van der Waals surface area (Å²) < 4.78 is 11.3. The van der Waals surface area contributed by atoms with Crippen LogP contribution in [0.2, 0.25) is 5.02 Å². The third-order valence-corrected chi connectivity index (χ3v) is 8.72. The van der Waals surface area contributed by atoms with Gasteiger partial charge in [-0.3, -0.25) is 14.5 Å². The molecule has 1 heterocycles. The second-order valence-corrected chi connectivity index (χ2v) is 14.1. The van der Waals surface area contributed by atoms with Crippen molar-refractivity contribution in [1.29, 1.82) is 0 Å². The Morgan fingerprint density at radius 1 is 0.980 bits per heavy atom. The summed E-state index contributed by atoms with van der Waals surface area (Å²) in [7, 11) is 5.60. The first-order chi connectivity index (χ1) is 23.2. The average molecular weight is 692 g/mol. The van der Waals surface area contributed by atoms with E-state index in [1.807, 2.05) is 119 Å². The molecule has 2 atom stereocenters. The summed E-state index contributed by atoms with van der Waals surface area (Å²) in [5, 5.41) is 4.22. The van der Waals surface area contributed by atoms with E-state index in [1.165, 1.54) is 4.90 Å². The van der Waals surface area contributed by atoms with Crippen LogP contribution >= 0.6 is 11.6 Å². The van der Waals surface area contributed by atoms with Crippen molar-refractivity contribution in [2.24, 2.45) is 0 Å². The van der Waals surface area contributed by atoms with Gasteiger partial charge in [0.25, 0.3) is 5.91 Å². The monoisotopic (exact) mass is 691 g/mol. The topological polar surface area (TPSA) is 94.7 Å². The molecule has 2 unspecified atom stereocenters. The summed E-state index contributed by atoms with van der Waals surface area (Å²) in [6.45, 7) is 11.1. The van der Waals surface area contributed by atoms with Crippen LogP contribution in [0.25, 0.3) is 0 Å². The number of para-hydroxylation sites is 1. The number of carbonyl (C=O) groups is 3. The Morgan fingerprint density at radius 2 is 1.67 bits per heavy atom. The number of amides is 3. The molecule has 1 aliphatic heterocycles. The lowest BCUT2D eigenvalue weighted by Crippen LogP contribution is -2.62. The molecule has 49 heavy (non-hydrogen) atoms. The molecular formula is C38H50ClN5O5. The van der Waals surface area contributed by atoms with E-state index in [2.05, 4.69) is 5.32 Å². The van der Waals surface area contributed by atoms with Crippen LogP contribution in [-0.2, 0) is 16.0 Å². The first kappa shape index (κ1) is 37.5. The fourth-order valence-corrected chi connectivity index (χ4v) is 5.94. The number of fused-ring (bicyclic) bond motifs is 1. The normalized spacial score (nSPS) is 14.9. The van der Waals surface area contributed by atoms with Gasteiger partial charge in [-0.15, -0.1) is 0 Å². The van der Waals surface area contributed by atoms with Crippen molar-refractivity contribution in [2.45, 2.75) is 65.3 Å². The van der Waals surface area contributed by atoms with E-state index >= 15 is 0 Å². The number of anilines is 2. The largest absolute Gasteiger partial charge is 0.494 e. The number of likely N-dealkylation sites (N-methyl/N-ethyl adjacent to an activating group) is 1. The maximum atomic E-state index is 14.5. The summed E-state index contributed by atoms with van der Waals surface area (Å²) in [6, 6.07) is 19.9. The molecule has 0 aliphatic carbocycles. The van der Waals surface area contributed by atoms with Gasteiger partial charge < -0.3 is 29.5 Å². The van der Waals surface area contributed by atoms with Gasteiger partial charge in [-0.1, -0.05) is 35.9 Å². The number of rotatable bonds is 13. The van der Waals surface area contributed by atoms with Crippen LogP contribution in [0.15, 0.2) is 66.7 Å². The quantitative estimate of drug-likeness (QED) is 0.213. The minimum Gasteiger partial charge on any atom is -0.494 e. The fraction of sp³-hybridized carbons (Fsp3) is 0.447. The van der Waals surface area contributed by atoms with E-state index in [1.54, 1.807) is 18.0 Å². The van der Waals surface area contributed by atoms with Gasteiger partial charge in [0.15, 0.2) is 0 Å². The van der Waals surface area contributed by atoms with Crippen LogP contribution in [0.5, 0.6) is 5.75 Å². The number of carbonyl (C=O) groups excluding carboxylic acids is 3. The summed E-state index contributed by atoms with van der Waals surface area (Å²) in [6.07, 6.45) is -0.677. The lowest BCUT2D eigenvalue weighted by atomic mass is 9.98. The van der Waals surface area contributed by atoms with Crippen molar-refractivity contribution >= 4 is 40.9 Å². The van der Waals surface area contributed by atoms with Gasteiger partial charge in [-0.2, -0.15) is 0 Å². The smallest absolute Gasteiger partial charge is 0.410 e. The molecule has 4 rings (SSSR count). The molecule has 3 amide bonds. The van der Waals surface area contributed by atoms with Gasteiger partial charge >= 0.3 is 6.09 Å². The Labute approximate surface area is 295 Å². The molecule has 1 N–H and O–H groups in total. The highest BCUT2D eigenvalue weighted by molar-refractivity contribution is 6.31. The molecule has 0 spiro atoms. The molecule has 0 saturated heterocycles. The molecule has 264 valence electrons. The first-order valence-corrected chi connectivity index (χ1v) is 17.1. The zero-order valence-corrected chi connectivity index (χ0v) is 30.7. The van der Waals surface area contributed by atoms with E-state index < -0.39 is 23.9 Å². The maximum absolute atomic E-state index is 14.5. The molecule has 3 aromatic carbocycles. The summed E-state index contributed by atoms with van der Waals surface area (Å²) in [5.41, 5.74) is 2.91. The third-order valence-electron chi connectivity index (χ3n) is 8.31. The molecular weight excluding hydrogens is 642 g/mol. The van der Waals surface area contributed by atoms with E-state index in [-0.39, 0.29) is 24.8 Å². The highest BCUT2D eigenvalue weighted by atomic mass is 35.5. The number of benzene rings is 3. The van der Waals surface area contributed by atoms with E-state index in [0.717, 1.165) is 11.1 Å². The Kier molecular flexibility index (Phi) is 12.6. The second kappa shape index (κ2) is 16.4. The molecule has 10 nitrogen and oxygen atoms in total. The lowest BCUT2D eigenvalue weighted by Gasteiger charge is -2.46. The number of aryl methyl sites for hydroxylation is 1. The number of ether oxygens (including phenoxy) is 2. The predicted octanol–water partition coefficient (Wildman–Crippen LogP) is 6.70. The maximum Gasteiger partial charge on any atom is 0.410 e. The van der Waals surface area contributed by atoms with Crippen LogP contribution in [-0.4, -0.2) is 97.8 Å². The second-order valence-electron chi connectivity index (χ2n) is 13.6. The molecule has 1 aliphatic rings. The lowest BCUT2D eigenvalue weighted by molar-refractivity contribution is -0.133. The van der Waals surface area contributed by atoms with Crippen molar-refractivity contribution in [2.75, 3.05) is 57.6 Å². The zero-order chi connectivity index (χ0) is 35.9. The minimum atomic E-state index is -0.680. The van der Waals surface area contributed by atoms with Gasteiger partial charge in [-0.05, 0) is 109 Å². The van der Waals surface area contributed by atoms with Gasteiger partial charge in [0, 0.05) is 43.1 Å². The molecule has 3 aromatic rings. The van der Waals surface area contributed by atoms with Crippen LogP contribution in [0.1, 0.15) is 55.6 Å². The molecule has 0 fully saturated rings. The molecule has 0 bridgehead atoms. The summed E-state index contributed by atoms with van der Waals surface area (Å²) in [4.78, 5) is 49.0. The Morgan fingerprint density at radius 3 is 2.31 bits per heavy atom. The molecule has 0 saturated carbocycles. The average Bonchev–Trinajstić information content (AvgIpc) is 3.04. The van der Waals surface area contributed by atoms with Crippen molar-refractivity contribution in [3.63, 3.8) is 0 Å². The zero-order valence-electron chi connectivity index (χ0n) is 30.0.